The van der Waals surface area contributed by atoms with Gasteiger partial charge in [0.2, 0.25) is 11.8 Å². The Hall–Kier alpha value is -0.860. The maximum atomic E-state index is 11.7. The van der Waals surface area contributed by atoms with E-state index in [4.69, 9.17) is 0 Å². The fourth-order valence-corrected chi connectivity index (χ4v) is 2.51. The SMILES string of the molecule is CN1C(=O)CC2CCCCC2C1=O. The van der Waals surface area contributed by atoms with Crippen LogP contribution in [0.15, 0.2) is 0 Å². The lowest BCUT2D eigenvalue weighted by atomic mass is 9.74. The molecule has 1 saturated heterocycles. The van der Waals surface area contributed by atoms with Gasteiger partial charge in [-0.05, 0) is 18.8 Å². The molecular weight excluding hydrogens is 166 g/mol. The van der Waals surface area contributed by atoms with Crippen molar-refractivity contribution in [3.8, 4) is 0 Å². The zero-order valence-electron chi connectivity index (χ0n) is 7.95. The Morgan fingerprint density at radius 1 is 1.23 bits per heavy atom. The van der Waals surface area contributed by atoms with Crippen molar-refractivity contribution in [3.05, 3.63) is 0 Å². The Morgan fingerprint density at radius 3 is 2.69 bits per heavy atom. The molecule has 0 aromatic heterocycles. The molecule has 1 aliphatic heterocycles. The largest absolute Gasteiger partial charge is 0.286 e. The molecule has 72 valence electrons. The highest BCUT2D eigenvalue weighted by Gasteiger charge is 2.40. The molecular formula is C10H15NO2. The number of amides is 2. The van der Waals surface area contributed by atoms with Crippen LogP contribution in [-0.2, 0) is 9.59 Å². The lowest BCUT2D eigenvalue weighted by molar-refractivity contribution is -0.154. The van der Waals surface area contributed by atoms with Gasteiger partial charge in [0.05, 0.1) is 0 Å². The molecule has 3 heteroatoms. The Bertz CT molecular complexity index is 249. The van der Waals surface area contributed by atoms with Gasteiger partial charge in [-0.1, -0.05) is 12.8 Å². The molecule has 2 fully saturated rings. The van der Waals surface area contributed by atoms with E-state index in [9.17, 15) is 9.59 Å². The van der Waals surface area contributed by atoms with Crippen LogP contribution in [0.25, 0.3) is 0 Å². The van der Waals surface area contributed by atoms with Crippen LogP contribution in [0.2, 0.25) is 0 Å². The van der Waals surface area contributed by atoms with E-state index < -0.39 is 0 Å². The molecule has 2 rings (SSSR count). The molecule has 2 unspecified atom stereocenters. The third-order valence-electron chi connectivity index (χ3n) is 3.37. The number of hydrogen-bond donors (Lipinski definition) is 0. The molecule has 13 heavy (non-hydrogen) atoms. The minimum atomic E-state index is 0.00755. The summed E-state index contributed by atoms with van der Waals surface area (Å²) < 4.78 is 0. The number of carbonyl (C=O) groups excluding carboxylic acids is 2. The summed E-state index contributed by atoms with van der Waals surface area (Å²) in [5.74, 6) is 0.565. The van der Waals surface area contributed by atoms with Crippen molar-refractivity contribution in [2.45, 2.75) is 32.1 Å². The smallest absolute Gasteiger partial charge is 0.232 e. The van der Waals surface area contributed by atoms with Crippen molar-refractivity contribution in [2.75, 3.05) is 7.05 Å². The molecule has 0 aromatic rings. The average Bonchev–Trinajstić information content (AvgIpc) is 2.15. The molecule has 2 aliphatic rings. The summed E-state index contributed by atoms with van der Waals surface area (Å²) in [6.07, 6.45) is 4.98. The fraction of sp³-hybridized carbons (Fsp3) is 0.800. The van der Waals surface area contributed by atoms with Crippen molar-refractivity contribution < 1.29 is 9.59 Å². The summed E-state index contributed by atoms with van der Waals surface area (Å²) in [7, 11) is 1.61. The van der Waals surface area contributed by atoms with Crippen LogP contribution in [0.4, 0.5) is 0 Å². The van der Waals surface area contributed by atoms with E-state index in [-0.39, 0.29) is 17.7 Å². The third kappa shape index (κ3) is 1.36. The highest BCUT2D eigenvalue weighted by Crippen LogP contribution is 2.36. The second kappa shape index (κ2) is 3.13. The second-order valence-electron chi connectivity index (χ2n) is 4.15. The Balaban J connectivity index is 2.17. The third-order valence-corrected chi connectivity index (χ3v) is 3.37. The Kier molecular flexibility index (Phi) is 2.10. The number of hydrogen-bond acceptors (Lipinski definition) is 2. The average molecular weight is 181 g/mol. The van der Waals surface area contributed by atoms with Crippen LogP contribution < -0.4 is 0 Å². The first-order valence-corrected chi connectivity index (χ1v) is 5.00. The summed E-state index contributed by atoms with van der Waals surface area (Å²) in [6.45, 7) is 0. The van der Waals surface area contributed by atoms with Crippen LogP contribution in [0.1, 0.15) is 32.1 Å². The standard InChI is InChI=1S/C10H15NO2/c1-11-9(12)6-7-4-2-3-5-8(7)10(11)13/h7-8H,2-6H2,1H3. The molecule has 0 aromatic carbocycles. The highest BCUT2D eigenvalue weighted by atomic mass is 16.2. The molecule has 3 nitrogen and oxygen atoms in total. The maximum Gasteiger partial charge on any atom is 0.232 e. The van der Waals surface area contributed by atoms with Crippen LogP contribution >= 0.6 is 0 Å². The molecule has 1 heterocycles. The summed E-state index contributed by atoms with van der Waals surface area (Å²) in [6, 6.07) is 0. The molecule has 0 N–H and O–H groups in total. The van der Waals surface area contributed by atoms with E-state index in [0.29, 0.717) is 12.3 Å². The minimum absolute atomic E-state index is 0.00755. The minimum Gasteiger partial charge on any atom is -0.286 e. The summed E-state index contributed by atoms with van der Waals surface area (Å²) in [5.41, 5.74) is 0. The molecule has 1 aliphatic carbocycles. The summed E-state index contributed by atoms with van der Waals surface area (Å²) in [4.78, 5) is 24.4. The van der Waals surface area contributed by atoms with Crippen molar-refractivity contribution >= 4 is 11.8 Å². The molecule has 1 saturated carbocycles. The van der Waals surface area contributed by atoms with Gasteiger partial charge in [0.25, 0.3) is 0 Å². The predicted octanol–water partition coefficient (Wildman–Crippen LogP) is 1.18. The van der Waals surface area contributed by atoms with Crippen LogP contribution in [0, 0.1) is 11.8 Å². The van der Waals surface area contributed by atoms with E-state index in [1.807, 2.05) is 0 Å². The number of carbonyl (C=O) groups is 2. The van der Waals surface area contributed by atoms with Gasteiger partial charge in [0.1, 0.15) is 0 Å². The predicted molar refractivity (Wildman–Crippen MR) is 47.8 cm³/mol. The van der Waals surface area contributed by atoms with Gasteiger partial charge < -0.3 is 0 Å². The number of fused-ring (bicyclic) bond motifs is 1. The molecule has 2 atom stereocenters. The fourth-order valence-electron chi connectivity index (χ4n) is 2.51. The van der Waals surface area contributed by atoms with Crippen molar-refractivity contribution in [3.63, 3.8) is 0 Å². The zero-order valence-corrected chi connectivity index (χ0v) is 7.95. The van der Waals surface area contributed by atoms with E-state index in [0.717, 1.165) is 19.3 Å². The van der Waals surface area contributed by atoms with E-state index in [2.05, 4.69) is 0 Å². The monoisotopic (exact) mass is 181 g/mol. The normalized spacial score (nSPS) is 34.7. The first-order valence-electron chi connectivity index (χ1n) is 5.00. The molecule has 0 bridgehead atoms. The lowest BCUT2D eigenvalue weighted by Gasteiger charge is -2.37. The Morgan fingerprint density at radius 2 is 1.92 bits per heavy atom. The van der Waals surface area contributed by atoms with Gasteiger partial charge >= 0.3 is 0 Å². The van der Waals surface area contributed by atoms with Crippen molar-refractivity contribution in [2.24, 2.45) is 11.8 Å². The van der Waals surface area contributed by atoms with Crippen LogP contribution in [0.5, 0.6) is 0 Å². The highest BCUT2D eigenvalue weighted by molar-refractivity contribution is 5.98. The van der Waals surface area contributed by atoms with E-state index >= 15 is 0 Å². The molecule has 0 radical (unpaired) electrons. The van der Waals surface area contributed by atoms with Gasteiger partial charge in [-0.15, -0.1) is 0 Å². The van der Waals surface area contributed by atoms with Crippen LogP contribution in [0.3, 0.4) is 0 Å². The number of imide groups is 1. The number of likely N-dealkylation sites (tertiary alicyclic amines) is 1. The Labute approximate surface area is 78.1 Å². The molecule has 2 amide bonds. The van der Waals surface area contributed by atoms with Gasteiger partial charge in [0.15, 0.2) is 0 Å². The first-order chi connectivity index (χ1) is 6.20. The topological polar surface area (TPSA) is 37.4 Å². The number of rotatable bonds is 0. The first kappa shape index (κ1) is 8.73. The van der Waals surface area contributed by atoms with Gasteiger partial charge in [-0.25, -0.2) is 0 Å². The zero-order chi connectivity index (χ0) is 9.42. The van der Waals surface area contributed by atoms with Crippen LogP contribution in [-0.4, -0.2) is 23.8 Å². The second-order valence-corrected chi connectivity index (χ2v) is 4.15. The van der Waals surface area contributed by atoms with Gasteiger partial charge in [-0.2, -0.15) is 0 Å². The van der Waals surface area contributed by atoms with Crippen molar-refractivity contribution in [1.82, 2.24) is 4.90 Å². The number of piperidine rings is 1. The van der Waals surface area contributed by atoms with Gasteiger partial charge in [-0.3, -0.25) is 14.5 Å². The van der Waals surface area contributed by atoms with Crippen molar-refractivity contribution in [1.29, 1.82) is 0 Å². The van der Waals surface area contributed by atoms with Gasteiger partial charge in [0, 0.05) is 19.4 Å². The maximum absolute atomic E-state index is 11.7. The summed E-state index contributed by atoms with van der Waals surface area (Å²) >= 11 is 0. The van der Waals surface area contributed by atoms with E-state index in [1.54, 1.807) is 7.05 Å². The molecule has 0 spiro atoms. The van der Waals surface area contributed by atoms with E-state index in [1.165, 1.54) is 11.3 Å². The number of nitrogens with zero attached hydrogens (tertiary/aromatic N) is 1. The quantitative estimate of drug-likeness (QED) is 0.526. The lowest BCUT2D eigenvalue weighted by Crippen LogP contribution is -2.47. The summed E-state index contributed by atoms with van der Waals surface area (Å²) in [5, 5.41) is 0.